The Hall–Kier alpha value is -1.14. The number of piperazine rings is 1. The van der Waals surface area contributed by atoms with Gasteiger partial charge in [-0.05, 0) is 27.7 Å². The predicted octanol–water partition coefficient (Wildman–Crippen LogP) is -0.689. The van der Waals surface area contributed by atoms with E-state index < -0.39 is 6.04 Å². The molecule has 1 fully saturated rings. The average Bonchev–Trinajstić information content (AvgIpc) is 2.27. The lowest BCUT2D eigenvalue weighted by molar-refractivity contribution is -0.130. The van der Waals surface area contributed by atoms with Crippen LogP contribution in [0.5, 0.6) is 0 Å². The SMILES string of the molecule is CC(NC(=O)CN1CCNCC1)C(=O)NC(C)(C)C. The molecule has 110 valence electrons. The van der Waals surface area contributed by atoms with Crippen molar-refractivity contribution in [1.29, 1.82) is 0 Å². The first kappa shape index (κ1) is 15.9. The smallest absolute Gasteiger partial charge is 0.242 e. The average molecular weight is 270 g/mol. The van der Waals surface area contributed by atoms with Crippen molar-refractivity contribution >= 4 is 11.8 Å². The standard InChI is InChI=1S/C13H26N4O2/c1-10(12(19)16-13(2,3)4)15-11(18)9-17-7-5-14-6-8-17/h10,14H,5-9H2,1-4H3,(H,15,18)(H,16,19). The van der Waals surface area contributed by atoms with E-state index in [1.165, 1.54) is 0 Å². The molecule has 1 saturated heterocycles. The van der Waals surface area contributed by atoms with Gasteiger partial charge in [-0.25, -0.2) is 0 Å². The Morgan fingerprint density at radius 3 is 2.37 bits per heavy atom. The van der Waals surface area contributed by atoms with E-state index in [9.17, 15) is 9.59 Å². The molecule has 1 unspecified atom stereocenters. The molecule has 3 N–H and O–H groups in total. The second-order valence-electron chi connectivity index (χ2n) is 6.05. The van der Waals surface area contributed by atoms with Crippen LogP contribution in [0.2, 0.25) is 0 Å². The minimum atomic E-state index is -0.505. The molecule has 0 aromatic carbocycles. The highest BCUT2D eigenvalue weighted by atomic mass is 16.2. The molecule has 0 radical (unpaired) electrons. The van der Waals surface area contributed by atoms with Crippen LogP contribution in [0.4, 0.5) is 0 Å². The topological polar surface area (TPSA) is 73.5 Å². The van der Waals surface area contributed by atoms with E-state index in [4.69, 9.17) is 0 Å². The Morgan fingerprint density at radius 1 is 1.26 bits per heavy atom. The molecular weight excluding hydrogens is 244 g/mol. The van der Waals surface area contributed by atoms with Crippen LogP contribution < -0.4 is 16.0 Å². The van der Waals surface area contributed by atoms with Crippen molar-refractivity contribution < 1.29 is 9.59 Å². The summed E-state index contributed by atoms with van der Waals surface area (Å²) in [5, 5.41) is 8.82. The number of hydrogen-bond acceptors (Lipinski definition) is 4. The Kier molecular flexibility index (Phi) is 5.75. The van der Waals surface area contributed by atoms with Crippen molar-refractivity contribution in [2.45, 2.75) is 39.3 Å². The van der Waals surface area contributed by atoms with E-state index in [2.05, 4.69) is 20.9 Å². The fourth-order valence-electron chi connectivity index (χ4n) is 1.90. The molecule has 1 heterocycles. The summed E-state index contributed by atoms with van der Waals surface area (Å²) in [6.07, 6.45) is 0. The monoisotopic (exact) mass is 270 g/mol. The summed E-state index contributed by atoms with van der Waals surface area (Å²) in [6, 6.07) is -0.505. The summed E-state index contributed by atoms with van der Waals surface area (Å²) in [6.45, 7) is 11.4. The van der Waals surface area contributed by atoms with Crippen molar-refractivity contribution in [2.75, 3.05) is 32.7 Å². The van der Waals surface area contributed by atoms with E-state index >= 15 is 0 Å². The van der Waals surface area contributed by atoms with E-state index in [-0.39, 0.29) is 17.4 Å². The predicted molar refractivity (Wildman–Crippen MR) is 74.8 cm³/mol. The Bertz CT molecular complexity index is 319. The minimum Gasteiger partial charge on any atom is -0.350 e. The molecular formula is C13H26N4O2. The van der Waals surface area contributed by atoms with Gasteiger partial charge >= 0.3 is 0 Å². The fraction of sp³-hybridized carbons (Fsp3) is 0.846. The van der Waals surface area contributed by atoms with Crippen LogP contribution >= 0.6 is 0 Å². The lowest BCUT2D eigenvalue weighted by Crippen LogP contribution is -2.53. The summed E-state index contributed by atoms with van der Waals surface area (Å²) >= 11 is 0. The van der Waals surface area contributed by atoms with Gasteiger partial charge in [0.25, 0.3) is 0 Å². The van der Waals surface area contributed by atoms with Gasteiger partial charge in [0.2, 0.25) is 11.8 Å². The highest BCUT2D eigenvalue weighted by Crippen LogP contribution is 1.99. The molecule has 0 spiro atoms. The lowest BCUT2D eigenvalue weighted by Gasteiger charge is -2.27. The summed E-state index contributed by atoms with van der Waals surface area (Å²) < 4.78 is 0. The molecule has 1 rings (SSSR count). The van der Waals surface area contributed by atoms with E-state index in [1.807, 2.05) is 20.8 Å². The molecule has 6 heteroatoms. The lowest BCUT2D eigenvalue weighted by atomic mass is 10.1. The van der Waals surface area contributed by atoms with Crippen LogP contribution in [0, 0.1) is 0 Å². The highest BCUT2D eigenvalue weighted by molar-refractivity contribution is 5.88. The maximum absolute atomic E-state index is 11.8. The summed E-state index contributed by atoms with van der Waals surface area (Å²) in [7, 11) is 0. The van der Waals surface area contributed by atoms with Crippen molar-refractivity contribution in [3.8, 4) is 0 Å². The van der Waals surface area contributed by atoms with Gasteiger partial charge in [-0.1, -0.05) is 0 Å². The van der Waals surface area contributed by atoms with Gasteiger partial charge in [-0.3, -0.25) is 14.5 Å². The molecule has 1 atom stereocenters. The van der Waals surface area contributed by atoms with Crippen LogP contribution in [0.1, 0.15) is 27.7 Å². The Morgan fingerprint density at radius 2 is 1.84 bits per heavy atom. The molecule has 1 aliphatic heterocycles. The largest absolute Gasteiger partial charge is 0.350 e. The maximum atomic E-state index is 11.8. The molecule has 6 nitrogen and oxygen atoms in total. The summed E-state index contributed by atoms with van der Waals surface area (Å²) in [5.74, 6) is -0.250. The first-order valence-corrected chi connectivity index (χ1v) is 6.82. The minimum absolute atomic E-state index is 0.0986. The zero-order chi connectivity index (χ0) is 14.5. The molecule has 19 heavy (non-hydrogen) atoms. The molecule has 1 aliphatic rings. The van der Waals surface area contributed by atoms with Crippen molar-refractivity contribution in [3.63, 3.8) is 0 Å². The summed E-state index contributed by atoms with van der Waals surface area (Å²) in [5.41, 5.74) is -0.283. The van der Waals surface area contributed by atoms with E-state index in [1.54, 1.807) is 6.92 Å². The van der Waals surface area contributed by atoms with E-state index in [0.29, 0.717) is 6.54 Å². The molecule has 0 bridgehead atoms. The number of nitrogens with zero attached hydrogens (tertiary/aromatic N) is 1. The van der Waals surface area contributed by atoms with Gasteiger partial charge in [-0.15, -0.1) is 0 Å². The summed E-state index contributed by atoms with van der Waals surface area (Å²) in [4.78, 5) is 25.8. The number of hydrogen-bond donors (Lipinski definition) is 3. The van der Waals surface area contributed by atoms with Gasteiger partial charge in [0.1, 0.15) is 6.04 Å². The van der Waals surface area contributed by atoms with Gasteiger partial charge in [0.15, 0.2) is 0 Å². The zero-order valence-corrected chi connectivity index (χ0v) is 12.4. The number of carbonyl (C=O) groups excluding carboxylic acids is 2. The highest BCUT2D eigenvalue weighted by Gasteiger charge is 2.21. The zero-order valence-electron chi connectivity index (χ0n) is 12.4. The number of amides is 2. The Balaban J connectivity index is 2.32. The third-order valence-electron chi connectivity index (χ3n) is 2.85. The number of nitrogens with one attached hydrogen (secondary N) is 3. The van der Waals surface area contributed by atoms with Crippen LogP contribution in [0.15, 0.2) is 0 Å². The van der Waals surface area contributed by atoms with Crippen molar-refractivity contribution in [2.24, 2.45) is 0 Å². The van der Waals surface area contributed by atoms with Crippen LogP contribution in [-0.2, 0) is 9.59 Å². The number of rotatable bonds is 4. The Labute approximate surface area is 115 Å². The van der Waals surface area contributed by atoms with Gasteiger partial charge in [0, 0.05) is 31.7 Å². The van der Waals surface area contributed by atoms with Crippen LogP contribution in [0.3, 0.4) is 0 Å². The first-order valence-electron chi connectivity index (χ1n) is 6.82. The molecule has 2 amide bonds. The van der Waals surface area contributed by atoms with Gasteiger partial charge in [0.05, 0.1) is 6.54 Å². The maximum Gasteiger partial charge on any atom is 0.242 e. The van der Waals surface area contributed by atoms with Crippen molar-refractivity contribution in [3.05, 3.63) is 0 Å². The van der Waals surface area contributed by atoms with E-state index in [0.717, 1.165) is 26.2 Å². The number of carbonyl (C=O) groups is 2. The quantitative estimate of drug-likeness (QED) is 0.632. The molecule has 0 aliphatic carbocycles. The fourth-order valence-corrected chi connectivity index (χ4v) is 1.90. The van der Waals surface area contributed by atoms with Crippen LogP contribution in [0.25, 0.3) is 0 Å². The van der Waals surface area contributed by atoms with Crippen LogP contribution in [-0.4, -0.2) is 61.0 Å². The second kappa shape index (κ2) is 6.86. The third kappa shape index (κ3) is 6.54. The second-order valence-corrected chi connectivity index (χ2v) is 6.05. The third-order valence-corrected chi connectivity index (χ3v) is 2.85. The first-order chi connectivity index (χ1) is 8.78. The molecule has 0 aromatic heterocycles. The normalized spacial score (nSPS) is 18.7. The van der Waals surface area contributed by atoms with Gasteiger partial charge < -0.3 is 16.0 Å². The molecule has 0 aromatic rings. The van der Waals surface area contributed by atoms with Crippen molar-refractivity contribution in [1.82, 2.24) is 20.9 Å². The molecule has 0 saturated carbocycles. The van der Waals surface area contributed by atoms with Gasteiger partial charge in [-0.2, -0.15) is 0 Å².